The molecule has 0 N–H and O–H groups in total. The van der Waals surface area contributed by atoms with E-state index in [1.807, 2.05) is 17.0 Å². The molecule has 1 aromatic carbocycles. The van der Waals surface area contributed by atoms with Gasteiger partial charge in [-0.1, -0.05) is 6.07 Å². The topological polar surface area (TPSA) is 79.6 Å². The molecule has 0 radical (unpaired) electrons. The molecule has 1 aliphatic rings. The van der Waals surface area contributed by atoms with Crippen LogP contribution in [0.1, 0.15) is 28.8 Å². The molecule has 0 unspecified atom stereocenters. The maximum absolute atomic E-state index is 12.6. The molecule has 130 valence electrons. The van der Waals surface area contributed by atoms with Crippen LogP contribution in [0, 0.1) is 10.1 Å². The van der Waals surface area contributed by atoms with E-state index in [1.165, 1.54) is 11.0 Å². The minimum Gasteiger partial charge on any atom is -0.366 e. The average molecular weight is 340 g/mol. The van der Waals surface area contributed by atoms with Crippen LogP contribution in [0.15, 0.2) is 42.7 Å². The Morgan fingerprint density at radius 2 is 2.08 bits per heavy atom. The van der Waals surface area contributed by atoms with Crippen molar-refractivity contribution in [3.63, 3.8) is 0 Å². The van der Waals surface area contributed by atoms with Crippen LogP contribution in [0.2, 0.25) is 0 Å². The second kappa shape index (κ2) is 7.29. The second-order valence-electron chi connectivity index (χ2n) is 6.18. The van der Waals surface area contributed by atoms with E-state index in [1.54, 1.807) is 31.6 Å². The van der Waals surface area contributed by atoms with Crippen molar-refractivity contribution in [2.75, 3.05) is 25.0 Å². The number of hydrogen-bond donors (Lipinski definition) is 0. The largest absolute Gasteiger partial charge is 0.366 e. The summed E-state index contributed by atoms with van der Waals surface area (Å²) in [4.78, 5) is 31.2. The van der Waals surface area contributed by atoms with Crippen LogP contribution in [0.25, 0.3) is 0 Å². The van der Waals surface area contributed by atoms with Crippen molar-refractivity contribution in [3.05, 3.63) is 64.0 Å². The number of pyridine rings is 1. The lowest BCUT2D eigenvalue weighted by Crippen LogP contribution is -2.26. The maximum Gasteiger partial charge on any atom is 0.293 e. The van der Waals surface area contributed by atoms with Crippen molar-refractivity contribution >= 4 is 17.3 Å². The average Bonchev–Trinajstić information content (AvgIpc) is 3.16. The SMILES string of the molecule is CN(Cc1cccnc1)C(=O)c1ccc(N2CCCC2)c([N+](=O)[O-])c1. The molecule has 2 heterocycles. The maximum atomic E-state index is 12.6. The standard InChI is InChI=1S/C18H20N4O3/c1-20(13-14-5-4-8-19-12-14)18(23)15-6-7-16(17(11-15)22(24)25)21-9-2-3-10-21/h4-8,11-12H,2-3,9-10,13H2,1H3. The predicted molar refractivity (Wildman–Crippen MR) is 94.6 cm³/mol. The summed E-state index contributed by atoms with van der Waals surface area (Å²) in [5.41, 5.74) is 1.80. The van der Waals surface area contributed by atoms with Gasteiger partial charge in [0.2, 0.25) is 0 Å². The van der Waals surface area contributed by atoms with Crippen molar-refractivity contribution in [3.8, 4) is 0 Å². The number of hydrogen-bond acceptors (Lipinski definition) is 5. The lowest BCUT2D eigenvalue weighted by molar-refractivity contribution is -0.384. The van der Waals surface area contributed by atoms with Crippen LogP contribution in [0.4, 0.5) is 11.4 Å². The van der Waals surface area contributed by atoms with Gasteiger partial charge in [0.15, 0.2) is 0 Å². The van der Waals surface area contributed by atoms with E-state index in [0.29, 0.717) is 17.8 Å². The highest BCUT2D eigenvalue weighted by molar-refractivity contribution is 5.95. The van der Waals surface area contributed by atoms with Gasteiger partial charge in [0.25, 0.3) is 11.6 Å². The molecule has 1 fully saturated rings. The van der Waals surface area contributed by atoms with Crippen LogP contribution in [-0.2, 0) is 6.54 Å². The van der Waals surface area contributed by atoms with Crippen LogP contribution >= 0.6 is 0 Å². The fraction of sp³-hybridized carbons (Fsp3) is 0.333. The van der Waals surface area contributed by atoms with Gasteiger partial charge in [-0.05, 0) is 36.6 Å². The molecule has 0 aliphatic carbocycles. The molecule has 3 rings (SSSR count). The van der Waals surface area contributed by atoms with Gasteiger partial charge in [0.1, 0.15) is 5.69 Å². The third kappa shape index (κ3) is 3.76. The Morgan fingerprint density at radius 1 is 1.32 bits per heavy atom. The van der Waals surface area contributed by atoms with Gasteiger partial charge in [-0.25, -0.2) is 0 Å². The molecule has 1 aliphatic heterocycles. The highest BCUT2D eigenvalue weighted by atomic mass is 16.6. The molecule has 1 amide bonds. The Bertz CT molecular complexity index is 773. The van der Waals surface area contributed by atoms with Crippen LogP contribution in [0.3, 0.4) is 0 Å². The van der Waals surface area contributed by atoms with Gasteiger partial charge in [-0.3, -0.25) is 19.9 Å². The smallest absolute Gasteiger partial charge is 0.293 e. The minimum atomic E-state index is -0.411. The van der Waals surface area contributed by atoms with Crippen molar-refractivity contribution in [1.29, 1.82) is 0 Å². The van der Waals surface area contributed by atoms with Gasteiger partial charge in [0.05, 0.1) is 4.92 Å². The molecule has 0 spiro atoms. The normalized spacial score (nSPS) is 13.7. The van der Waals surface area contributed by atoms with E-state index in [4.69, 9.17) is 0 Å². The summed E-state index contributed by atoms with van der Waals surface area (Å²) in [6, 6.07) is 8.44. The highest BCUT2D eigenvalue weighted by Crippen LogP contribution is 2.32. The first-order valence-electron chi connectivity index (χ1n) is 8.24. The molecule has 7 heteroatoms. The number of benzene rings is 1. The van der Waals surface area contributed by atoms with Gasteiger partial charge in [-0.15, -0.1) is 0 Å². The number of nitro benzene ring substituents is 1. The summed E-state index contributed by atoms with van der Waals surface area (Å²) in [5, 5.41) is 11.5. The zero-order valence-corrected chi connectivity index (χ0v) is 14.1. The van der Waals surface area contributed by atoms with E-state index in [-0.39, 0.29) is 11.6 Å². The first-order chi connectivity index (χ1) is 12.1. The number of aromatic nitrogens is 1. The number of amides is 1. The second-order valence-corrected chi connectivity index (χ2v) is 6.18. The van der Waals surface area contributed by atoms with E-state index in [2.05, 4.69) is 4.98 Å². The third-order valence-corrected chi connectivity index (χ3v) is 4.36. The first kappa shape index (κ1) is 16.9. The zero-order chi connectivity index (χ0) is 17.8. The molecule has 0 atom stereocenters. The van der Waals surface area contributed by atoms with E-state index in [9.17, 15) is 14.9 Å². The summed E-state index contributed by atoms with van der Waals surface area (Å²) in [6.07, 6.45) is 5.44. The Morgan fingerprint density at radius 3 is 2.72 bits per heavy atom. The quantitative estimate of drug-likeness (QED) is 0.618. The fourth-order valence-electron chi connectivity index (χ4n) is 3.09. The van der Waals surface area contributed by atoms with Crippen LogP contribution in [0.5, 0.6) is 0 Å². The van der Waals surface area contributed by atoms with Crippen molar-refractivity contribution in [1.82, 2.24) is 9.88 Å². The number of rotatable bonds is 5. The van der Waals surface area contributed by atoms with Crippen LogP contribution < -0.4 is 4.90 Å². The lowest BCUT2D eigenvalue weighted by atomic mass is 10.1. The van der Waals surface area contributed by atoms with Crippen molar-refractivity contribution in [2.45, 2.75) is 19.4 Å². The molecule has 0 saturated carbocycles. The summed E-state index contributed by atoms with van der Waals surface area (Å²) >= 11 is 0. The van der Waals surface area contributed by atoms with E-state index >= 15 is 0 Å². The number of anilines is 1. The zero-order valence-electron chi connectivity index (χ0n) is 14.1. The number of nitro groups is 1. The molecular weight excluding hydrogens is 320 g/mol. The molecular formula is C18H20N4O3. The summed E-state index contributed by atoms with van der Waals surface area (Å²) < 4.78 is 0. The number of nitrogens with zero attached hydrogens (tertiary/aromatic N) is 4. The first-order valence-corrected chi connectivity index (χ1v) is 8.24. The third-order valence-electron chi connectivity index (χ3n) is 4.36. The molecule has 0 bridgehead atoms. The minimum absolute atomic E-state index is 0.0115. The van der Waals surface area contributed by atoms with Gasteiger partial charge in [0, 0.05) is 50.7 Å². The Labute approximate surface area is 146 Å². The molecule has 7 nitrogen and oxygen atoms in total. The van der Waals surface area contributed by atoms with Gasteiger partial charge < -0.3 is 9.80 Å². The van der Waals surface area contributed by atoms with Gasteiger partial charge in [-0.2, -0.15) is 0 Å². The molecule has 1 saturated heterocycles. The Balaban J connectivity index is 1.82. The van der Waals surface area contributed by atoms with Gasteiger partial charge >= 0.3 is 0 Å². The van der Waals surface area contributed by atoms with Crippen LogP contribution in [-0.4, -0.2) is 40.9 Å². The molecule has 25 heavy (non-hydrogen) atoms. The number of carbonyl (C=O) groups is 1. The fourth-order valence-corrected chi connectivity index (χ4v) is 3.09. The summed E-state index contributed by atoms with van der Waals surface area (Å²) in [6.45, 7) is 2.03. The molecule has 1 aromatic heterocycles. The lowest BCUT2D eigenvalue weighted by Gasteiger charge is -2.20. The Hall–Kier alpha value is -2.96. The molecule has 2 aromatic rings. The van der Waals surface area contributed by atoms with Crippen molar-refractivity contribution in [2.24, 2.45) is 0 Å². The van der Waals surface area contributed by atoms with E-state index in [0.717, 1.165) is 31.5 Å². The predicted octanol–water partition coefficient (Wildman–Crippen LogP) is 2.86. The summed E-state index contributed by atoms with van der Waals surface area (Å²) in [5.74, 6) is -0.250. The van der Waals surface area contributed by atoms with E-state index < -0.39 is 4.92 Å². The van der Waals surface area contributed by atoms with Crippen molar-refractivity contribution < 1.29 is 9.72 Å². The number of carbonyl (C=O) groups excluding carboxylic acids is 1. The monoisotopic (exact) mass is 340 g/mol. The highest BCUT2D eigenvalue weighted by Gasteiger charge is 2.24. The Kier molecular flexibility index (Phi) is 4.92. The summed E-state index contributed by atoms with van der Waals surface area (Å²) in [7, 11) is 1.68.